The zero-order valence-electron chi connectivity index (χ0n) is 15.9. The van der Waals surface area contributed by atoms with Gasteiger partial charge in [0.05, 0.1) is 6.61 Å². The van der Waals surface area contributed by atoms with Crippen LogP contribution in [0.2, 0.25) is 0 Å². The molecule has 130 valence electrons. The Morgan fingerprint density at radius 3 is 2.42 bits per heavy atom. The molecule has 0 heterocycles. The zero-order valence-corrected chi connectivity index (χ0v) is 15.9. The van der Waals surface area contributed by atoms with E-state index in [9.17, 15) is 4.79 Å². The summed E-state index contributed by atoms with van der Waals surface area (Å²) in [6.45, 7) is 13.2. The second kappa shape index (κ2) is 7.83. The third-order valence-electron chi connectivity index (χ3n) is 4.68. The number of fused-ring (bicyclic) bond motifs is 1. The van der Waals surface area contributed by atoms with E-state index in [2.05, 4.69) is 45.0 Å². The van der Waals surface area contributed by atoms with Gasteiger partial charge in [-0.3, -0.25) is 4.79 Å². The van der Waals surface area contributed by atoms with Gasteiger partial charge in [0.2, 0.25) is 0 Å². The Morgan fingerprint density at radius 1 is 1.12 bits per heavy atom. The van der Waals surface area contributed by atoms with Crippen LogP contribution in [0.25, 0.3) is 10.8 Å². The summed E-state index contributed by atoms with van der Waals surface area (Å²) in [5.74, 6) is 1.83. The van der Waals surface area contributed by atoms with Crippen LogP contribution in [0.1, 0.15) is 63.6 Å². The van der Waals surface area contributed by atoms with Crippen molar-refractivity contribution < 1.29 is 9.53 Å². The molecule has 0 atom stereocenters. The molecule has 0 aliphatic heterocycles. The van der Waals surface area contributed by atoms with Crippen molar-refractivity contribution in [3.8, 4) is 5.75 Å². The molecule has 0 spiro atoms. The first-order chi connectivity index (χ1) is 11.3. The highest BCUT2D eigenvalue weighted by Crippen LogP contribution is 2.34. The van der Waals surface area contributed by atoms with E-state index in [1.54, 1.807) is 0 Å². The lowest BCUT2D eigenvalue weighted by atomic mass is 9.91. The Morgan fingerprint density at radius 2 is 1.83 bits per heavy atom. The fraction of sp³-hybridized carbons (Fsp3) is 0.500. The molecule has 0 aliphatic carbocycles. The van der Waals surface area contributed by atoms with E-state index < -0.39 is 0 Å². The Bertz CT molecular complexity index is 726. The summed E-state index contributed by atoms with van der Waals surface area (Å²) >= 11 is 0. The predicted octanol–water partition coefficient (Wildman–Crippen LogP) is 5.83. The first-order valence-corrected chi connectivity index (χ1v) is 9.06. The highest BCUT2D eigenvalue weighted by Gasteiger charge is 2.14. The summed E-state index contributed by atoms with van der Waals surface area (Å²) in [6, 6.07) is 8.77. The number of benzene rings is 2. The molecule has 24 heavy (non-hydrogen) atoms. The molecule has 0 fully saturated rings. The first-order valence-electron chi connectivity index (χ1n) is 9.06. The van der Waals surface area contributed by atoms with Crippen molar-refractivity contribution in [1.82, 2.24) is 0 Å². The summed E-state index contributed by atoms with van der Waals surface area (Å²) in [6.07, 6.45) is 1.40. The minimum atomic E-state index is 0.104. The van der Waals surface area contributed by atoms with E-state index in [-0.39, 0.29) is 5.92 Å². The van der Waals surface area contributed by atoms with Crippen LogP contribution >= 0.6 is 0 Å². The number of hydrogen-bond acceptors (Lipinski definition) is 2. The van der Waals surface area contributed by atoms with Gasteiger partial charge >= 0.3 is 0 Å². The van der Waals surface area contributed by atoms with E-state index in [1.165, 1.54) is 27.5 Å². The largest absolute Gasteiger partial charge is 0.494 e. The van der Waals surface area contributed by atoms with Gasteiger partial charge in [0.25, 0.3) is 0 Å². The Balaban J connectivity index is 2.51. The monoisotopic (exact) mass is 326 g/mol. The van der Waals surface area contributed by atoms with E-state index in [0.29, 0.717) is 24.7 Å². The summed E-state index contributed by atoms with van der Waals surface area (Å²) in [5, 5.41) is 2.46. The Labute approximate surface area is 146 Å². The van der Waals surface area contributed by atoms with Gasteiger partial charge in [-0.1, -0.05) is 39.8 Å². The van der Waals surface area contributed by atoms with E-state index in [0.717, 1.165) is 12.2 Å². The van der Waals surface area contributed by atoms with Crippen LogP contribution in [-0.4, -0.2) is 12.4 Å². The van der Waals surface area contributed by atoms with Gasteiger partial charge in [-0.15, -0.1) is 0 Å². The molecule has 0 N–H and O–H groups in total. The number of Topliss-reactive ketones (excluding diaryl/α,β-unsaturated/α-hetero) is 1. The second-order valence-electron chi connectivity index (χ2n) is 7.18. The molecule has 2 rings (SSSR count). The lowest BCUT2D eigenvalue weighted by molar-refractivity contribution is -0.121. The maximum Gasteiger partial charge on any atom is 0.135 e. The molecular weight excluding hydrogens is 296 g/mol. The van der Waals surface area contributed by atoms with Crippen molar-refractivity contribution >= 4 is 16.6 Å². The van der Waals surface area contributed by atoms with Gasteiger partial charge in [-0.25, -0.2) is 0 Å². The standard InChI is InChI=1S/C22H30O2/c1-7-24-22-13-20-17(12-19(22)14(2)3)9-8-16(6)18(20)10-11-21(23)15(4)5/h8-9,12-15H,7,10-11H2,1-6H3. The number of ether oxygens (including phenoxy) is 1. The van der Waals surface area contributed by atoms with Gasteiger partial charge in [-0.2, -0.15) is 0 Å². The third kappa shape index (κ3) is 3.98. The smallest absolute Gasteiger partial charge is 0.135 e. The highest BCUT2D eigenvalue weighted by atomic mass is 16.5. The minimum Gasteiger partial charge on any atom is -0.494 e. The topological polar surface area (TPSA) is 26.3 Å². The maximum atomic E-state index is 12.1. The van der Waals surface area contributed by atoms with Gasteiger partial charge < -0.3 is 4.74 Å². The quantitative estimate of drug-likeness (QED) is 0.640. The number of aryl methyl sites for hydroxylation is 2. The number of carbonyl (C=O) groups is 1. The number of carbonyl (C=O) groups excluding carboxylic acids is 1. The molecule has 2 nitrogen and oxygen atoms in total. The molecule has 0 unspecified atom stereocenters. The highest BCUT2D eigenvalue weighted by molar-refractivity contribution is 5.90. The molecule has 0 aromatic heterocycles. The molecular formula is C22H30O2. The predicted molar refractivity (Wildman–Crippen MR) is 102 cm³/mol. The first kappa shape index (κ1) is 18.5. The van der Waals surface area contributed by atoms with Crippen molar-refractivity contribution in [2.24, 2.45) is 5.92 Å². The average molecular weight is 326 g/mol. The molecule has 2 aromatic carbocycles. The molecule has 0 saturated heterocycles. The normalized spacial score (nSPS) is 11.5. The fourth-order valence-electron chi connectivity index (χ4n) is 3.14. The molecule has 0 saturated carbocycles. The Hall–Kier alpha value is -1.83. The minimum absolute atomic E-state index is 0.104. The van der Waals surface area contributed by atoms with Gasteiger partial charge in [0, 0.05) is 12.3 Å². The van der Waals surface area contributed by atoms with Crippen LogP contribution in [-0.2, 0) is 11.2 Å². The van der Waals surface area contributed by atoms with Gasteiger partial charge in [0.15, 0.2) is 0 Å². The van der Waals surface area contributed by atoms with E-state index >= 15 is 0 Å². The SMILES string of the molecule is CCOc1cc2c(CCC(=O)C(C)C)c(C)ccc2cc1C(C)C. The molecule has 0 aliphatic rings. The van der Waals surface area contributed by atoms with Crippen LogP contribution < -0.4 is 4.74 Å². The van der Waals surface area contributed by atoms with Crippen molar-refractivity contribution in [3.63, 3.8) is 0 Å². The molecule has 2 heteroatoms. The summed E-state index contributed by atoms with van der Waals surface area (Å²) in [4.78, 5) is 12.1. The molecule has 0 radical (unpaired) electrons. The van der Waals surface area contributed by atoms with Crippen molar-refractivity contribution in [2.75, 3.05) is 6.61 Å². The van der Waals surface area contributed by atoms with Crippen LogP contribution in [0.15, 0.2) is 24.3 Å². The van der Waals surface area contributed by atoms with Crippen LogP contribution in [0.3, 0.4) is 0 Å². The van der Waals surface area contributed by atoms with Crippen molar-refractivity contribution in [1.29, 1.82) is 0 Å². The lowest BCUT2D eigenvalue weighted by Crippen LogP contribution is -2.08. The average Bonchev–Trinajstić information content (AvgIpc) is 2.53. The summed E-state index contributed by atoms with van der Waals surface area (Å²) in [7, 11) is 0. The molecule has 0 amide bonds. The number of hydrogen-bond donors (Lipinski definition) is 0. The van der Waals surface area contributed by atoms with Crippen molar-refractivity contribution in [2.45, 2.75) is 60.3 Å². The van der Waals surface area contributed by atoms with Crippen LogP contribution in [0.5, 0.6) is 5.75 Å². The second-order valence-corrected chi connectivity index (χ2v) is 7.18. The number of rotatable bonds is 7. The van der Waals surface area contributed by atoms with Crippen LogP contribution in [0, 0.1) is 12.8 Å². The Kier molecular flexibility index (Phi) is 6.04. The lowest BCUT2D eigenvalue weighted by Gasteiger charge is -2.17. The summed E-state index contributed by atoms with van der Waals surface area (Å²) < 4.78 is 5.90. The summed E-state index contributed by atoms with van der Waals surface area (Å²) in [5.41, 5.74) is 3.77. The molecule has 0 bridgehead atoms. The maximum absolute atomic E-state index is 12.1. The van der Waals surface area contributed by atoms with Gasteiger partial charge in [-0.05, 0) is 65.8 Å². The number of ketones is 1. The van der Waals surface area contributed by atoms with E-state index in [4.69, 9.17) is 4.74 Å². The third-order valence-corrected chi connectivity index (χ3v) is 4.68. The van der Waals surface area contributed by atoms with Gasteiger partial charge in [0.1, 0.15) is 11.5 Å². The fourth-order valence-corrected chi connectivity index (χ4v) is 3.14. The van der Waals surface area contributed by atoms with Crippen molar-refractivity contribution in [3.05, 3.63) is 41.0 Å². The van der Waals surface area contributed by atoms with E-state index in [1.807, 2.05) is 20.8 Å². The zero-order chi connectivity index (χ0) is 17.9. The van der Waals surface area contributed by atoms with Crippen LogP contribution in [0.4, 0.5) is 0 Å². The molecule has 2 aromatic rings.